The summed E-state index contributed by atoms with van der Waals surface area (Å²) in [6.07, 6.45) is 7.38. The number of benzene rings is 1. The number of piperidine rings is 1. The number of ether oxygens (including phenoxy) is 1. The fourth-order valence-corrected chi connectivity index (χ4v) is 7.40. The molecule has 0 unspecified atom stereocenters. The number of hydrogen-bond acceptors (Lipinski definition) is 6. The number of amides is 3. The third-order valence-corrected chi connectivity index (χ3v) is 10.1. The van der Waals surface area contributed by atoms with Crippen molar-refractivity contribution in [1.82, 2.24) is 20.0 Å². The maximum Gasteiger partial charge on any atom is 0.329 e. The van der Waals surface area contributed by atoms with Crippen LogP contribution < -0.4 is 5.32 Å². The maximum atomic E-state index is 14.0. The number of rotatable bonds is 11. The predicted octanol–water partition coefficient (Wildman–Crippen LogP) is 5.04. The highest BCUT2D eigenvalue weighted by atomic mass is 16.5. The van der Waals surface area contributed by atoms with Gasteiger partial charge in [0, 0.05) is 25.2 Å². The van der Waals surface area contributed by atoms with Gasteiger partial charge in [0.15, 0.2) is 0 Å². The van der Waals surface area contributed by atoms with Crippen LogP contribution in [0.1, 0.15) is 104 Å². The SMILES string of the molecule is C/C(=C\[C@H](C(C)C)N(C)C(=O)[C@@H](NC(=O)[C@H]1CCCCN1C(C)C)C(C)C)C(=O)N1CCC[C@H]1C(=O)O[C@@H]1CCc2ccccc21. The summed E-state index contributed by atoms with van der Waals surface area (Å²) >= 11 is 0. The number of hydrogen-bond donors (Lipinski definition) is 1. The number of carbonyl (C=O) groups is 4. The topological polar surface area (TPSA) is 99.3 Å². The van der Waals surface area contributed by atoms with Crippen molar-refractivity contribution in [1.29, 1.82) is 0 Å². The fourth-order valence-electron chi connectivity index (χ4n) is 7.40. The van der Waals surface area contributed by atoms with E-state index in [1.54, 1.807) is 23.8 Å². The number of aryl methyl sites for hydroxylation is 1. The predicted molar refractivity (Wildman–Crippen MR) is 180 cm³/mol. The maximum absolute atomic E-state index is 14.0. The Bertz CT molecular complexity index is 1290. The number of nitrogens with one attached hydrogen (secondary N) is 1. The molecule has 0 saturated carbocycles. The molecule has 2 heterocycles. The zero-order chi connectivity index (χ0) is 33.7. The highest BCUT2D eigenvalue weighted by Crippen LogP contribution is 2.35. The summed E-state index contributed by atoms with van der Waals surface area (Å²) in [5, 5.41) is 3.10. The van der Waals surface area contributed by atoms with Crippen LogP contribution in [-0.2, 0) is 30.3 Å². The van der Waals surface area contributed by atoms with Crippen LogP contribution in [-0.4, -0.2) is 88.7 Å². The van der Waals surface area contributed by atoms with Crippen LogP contribution in [0.2, 0.25) is 0 Å². The van der Waals surface area contributed by atoms with Gasteiger partial charge in [-0.1, -0.05) is 64.5 Å². The van der Waals surface area contributed by atoms with Gasteiger partial charge in [0.2, 0.25) is 17.7 Å². The van der Waals surface area contributed by atoms with Gasteiger partial charge in [-0.2, -0.15) is 0 Å². The Balaban J connectivity index is 1.44. The molecule has 4 rings (SSSR count). The van der Waals surface area contributed by atoms with Gasteiger partial charge in [0.05, 0.1) is 12.1 Å². The Hall–Kier alpha value is -3.20. The van der Waals surface area contributed by atoms with Crippen molar-refractivity contribution >= 4 is 23.7 Å². The normalized spacial score (nSPS) is 23.4. The minimum atomic E-state index is -0.683. The van der Waals surface area contributed by atoms with Crippen LogP contribution in [0.15, 0.2) is 35.9 Å². The van der Waals surface area contributed by atoms with Crippen molar-refractivity contribution in [2.75, 3.05) is 20.1 Å². The molecule has 1 aliphatic carbocycles. The lowest BCUT2D eigenvalue weighted by atomic mass is 9.95. The number of nitrogens with zero attached hydrogens (tertiary/aromatic N) is 3. The molecule has 0 aromatic heterocycles. The lowest BCUT2D eigenvalue weighted by Crippen LogP contribution is -2.58. The molecule has 5 atom stereocenters. The minimum absolute atomic E-state index is 0.0109. The lowest BCUT2D eigenvalue weighted by Gasteiger charge is -2.39. The van der Waals surface area contributed by atoms with Crippen molar-refractivity contribution in [2.24, 2.45) is 11.8 Å². The van der Waals surface area contributed by atoms with E-state index >= 15 is 0 Å². The van der Waals surface area contributed by atoms with Crippen LogP contribution in [0.25, 0.3) is 0 Å². The summed E-state index contributed by atoms with van der Waals surface area (Å²) in [7, 11) is 1.75. The van der Waals surface area contributed by atoms with Crippen molar-refractivity contribution in [3.05, 3.63) is 47.0 Å². The number of carbonyl (C=O) groups excluding carboxylic acids is 4. The second-order valence-electron chi connectivity index (χ2n) is 14.4. The van der Waals surface area contributed by atoms with Crippen LogP contribution in [0, 0.1) is 11.8 Å². The van der Waals surface area contributed by atoms with Crippen molar-refractivity contribution in [3.8, 4) is 0 Å². The average molecular weight is 637 g/mol. The standard InChI is InChI=1S/C37H56N4O5/c1-23(2)31(39(8)36(44)33(24(3)4)38-34(42)29-16-11-12-20-40(29)25(5)6)22-26(7)35(43)41-21-13-17-30(41)37(45)46-32-19-18-27-14-9-10-15-28(27)32/h9-10,14-15,22-25,29-33H,11-13,16-21H2,1-8H3,(H,38,42)/b26-22+/t29-,30+,31-,32-,33+/m1/s1. The van der Waals surface area contributed by atoms with Gasteiger partial charge in [0.1, 0.15) is 18.2 Å². The van der Waals surface area contributed by atoms with Gasteiger partial charge in [0.25, 0.3) is 0 Å². The Labute approximate surface area is 276 Å². The summed E-state index contributed by atoms with van der Waals surface area (Å²) in [5.74, 6) is -0.931. The zero-order valence-electron chi connectivity index (χ0n) is 29.3. The molecule has 9 heteroatoms. The molecular weight excluding hydrogens is 580 g/mol. The van der Waals surface area contributed by atoms with E-state index in [4.69, 9.17) is 4.74 Å². The second-order valence-corrected chi connectivity index (χ2v) is 14.4. The number of likely N-dealkylation sites (N-methyl/N-ethyl adjacent to an activating group) is 1. The summed E-state index contributed by atoms with van der Waals surface area (Å²) in [5.41, 5.74) is 2.76. The van der Waals surface area contributed by atoms with E-state index in [1.165, 1.54) is 5.56 Å². The monoisotopic (exact) mass is 636 g/mol. The van der Waals surface area contributed by atoms with Crippen LogP contribution in [0.4, 0.5) is 0 Å². The lowest BCUT2D eigenvalue weighted by molar-refractivity contribution is -0.157. The average Bonchev–Trinajstić information content (AvgIpc) is 3.68. The first-order valence-electron chi connectivity index (χ1n) is 17.4. The minimum Gasteiger partial charge on any atom is -0.456 e. The Morgan fingerprint density at radius 3 is 2.28 bits per heavy atom. The first kappa shape index (κ1) is 35.7. The smallest absolute Gasteiger partial charge is 0.329 e. The van der Waals surface area contributed by atoms with Gasteiger partial charge in [-0.05, 0) is 88.8 Å². The molecule has 9 nitrogen and oxygen atoms in total. The molecule has 1 aromatic carbocycles. The molecule has 1 aromatic rings. The van der Waals surface area contributed by atoms with E-state index in [0.29, 0.717) is 18.5 Å². The Morgan fingerprint density at radius 2 is 1.61 bits per heavy atom. The molecule has 2 fully saturated rings. The highest BCUT2D eigenvalue weighted by Gasteiger charge is 2.39. The molecule has 46 heavy (non-hydrogen) atoms. The summed E-state index contributed by atoms with van der Waals surface area (Å²) < 4.78 is 5.97. The van der Waals surface area contributed by atoms with E-state index in [-0.39, 0.29) is 59.8 Å². The molecule has 0 bridgehead atoms. The van der Waals surface area contributed by atoms with Gasteiger partial charge in [-0.25, -0.2) is 4.79 Å². The van der Waals surface area contributed by atoms with Gasteiger partial charge >= 0.3 is 5.97 Å². The van der Waals surface area contributed by atoms with Crippen molar-refractivity contribution < 1.29 is 23.9 Å². The summed E-state index contributed by atoms with van der Waals surface area (Å²) in [6.45, 7) is 15.3. The van der Waals surface area contributed by atoms with Crippen LogP contribution >= 0.6 is 0 Å². The largest absolute Gasteiger partial charge is 0.456 e. The van der Waals surface area contributed by atoms with Crippen molar-refractivity contribution in [2.45, 2.75) is 130 Å². The summed E-state index contributed by atoms with van der Waals surface area (Å²) in [6, 6.07) is 6.39. The molecule has 254 valence electrons. The summed E-state index contributed by atoms with van der Waals surface area (Å²) in [4.78, 5) is 60.1. The van der Waals surface area contributed by atoms with E-state index in [9.17, 15) is 19.2 Å². The van der Waals surface area contributed by atoms with E-state index in [0.717, 1.165) is 50.6 Å². The first-order valence-corrected chi connectivity index (χ1v) is 17.4. The third-order valence-electron chi connectivity index (χ3n) is 10.1. The molecule has 0 radical (unpaired) electrons. The number of esters is 1. The Morgan fingerprint density at radius 1 is 0.913 bits per heavy atom. The molecule has 0 spiro atoms. The molecule has 2 saturated heterocycles. The fraction of sp³-hybridized carbons (Fsp3) is 0.676. The zero-order valence-corrected chi connectivity index (χ0v) is 29.3. The number of likely N-dealkylation sites (tertiary alicyclic amines) is 2. The van der Waals surface area contributed by atoms with Gasteiger partial charge in [-0.15, -0.1) is 0 Å². The van der Waals surface area contributed by atoms with Crippen LogP contribution in [0.5, 0.6) is 0 Å². The van der Waals surface area contributed by atoms with Crippen molar-refractivity contribution in [3.63, 3.8) is 0 Å². The highest BCUT2D eigenvalue weighted by molar-refractivity contribution is 5.96. The molecule has 2 aliphatic heterocycles. The molecule has 3 aliphatic rings. The van der Waals surface area contributed by atoms with Gasteiger partial charge in [-0.3, -0.25) is 19.3 Å². The number of fused-ring (bicyclic) bond motifs is 1. The molecule has 3 amide bonds. The molecule has 1 N–H and O–H groups in total. The van der Waals surface area contributed by atoms with E-state index in [2.05, 4.69) is 30.1 Å². The van der Waals surface area contributed by atoms with E-state index in [1.807, 2.05) is 52.0 Å². The Kier molecular flexibility index (Phi) is 12.1. The second kappa shape index (κ2) is 15.6. The van der Waals surface area contributed by atoms with E-state index < -0.39 is 12.1 Å². The first-order chi connectivity index (χ1) is 21.8. The van der Waals surface area contributed by atoms with Crippen LogP contribution in [0.3, 0.4) is 0 Å². The van der Waals surface area contributed by atoms with Gasteiger partial charge < -0.3 is 19.9 Å². The third kappa shape index (κ3) is 8.01. The quantitative estimate of drug-likeness (QED) is 0.270. The molecular formula is C37H56N4O5.